The van der Waals surface area contributed by atoms with Crippen molar-refractivity contribution in [1.29, 1.82) is 0 Å². The molecule has 0 atom stereocenters. The zero-order valence-corrected chi connectivity index (χ0v) is 12.5. The molecule has 0 bridgehead atoms. The lowest BCUT2D eigenvalue weighted by Gasteiger charge is -2.55. The van der Waals surface area contributed by atoms with Crippen molar-refractivity contribution in [2.45, 2.75) is 56.9 Å². The molecule has 0 unspecified atom stereocenters. The highest BCUT2D eigenvalue weighted by Crippen LogP contribution is 2.59. The minimum atomic E-state index is -0.0789. The fraction of sp³-hybridized carbons (Fsp3) is 0.625. The molecule has 0 aliphatic heterocycles. The van der Waals surface area contributed by atoms with E-state index in [0.29, 0.717) is 5.41 Å². The van der Waals surface area contributed by atoms with Crippen LogP contribution in [0.5, 0.6) is 0 Å². The Morgan fingerprint density at radius 1 is 0.944 bits per heavy atom. The Kier molecular flexibility index (Phi) is 3.27. The normalized spacial score (nSPS) is 25.4. The zero-order valence-electron chi connectivity index (χ0n) is 10.9. The quantitative estimate of drug-likeness (QED) is 0.797. The van der Waals surface area contributed by atoms with Crippen LogP contribution in [0.2, 0.25) is 0 Å². The van der Waals surface area contributed by atoms with Crippen LogP contribution < -0.4 is 5.73 Å². The van der Waals surface area contributed by atoms with E-state index in [9.17, 15) is 0 Å². The van der Waals surface area contributed by atoms with Crippen LogP contribution >= 0.6 is 15.9 Å². The molecule has 0 aromatic heterocycles. The molecular formula is C16H22BrN. The van der Waals surface area contributed by atoms with Gasteiger partial charge in [-0.15, -0.1) is 0 Å². The summed E-state index contributed by atoms with van der Waals surface area (Å²) in [7, 11) is 0. The molecule has 1 spiro atoms. The third kappa shape index (κ3) is 2.14. The van der Waals surface area contributed by atoms with E-state index in [1.54, 1.807) is 0 Å². The first-order valence-electron chi connectivity index (χ1n) is 7.18. The Hall–Kier alpha value is -0.340. The molecule has 0 amide bonds. The first-order chi connectivity index (χ1) is 8.64. The van der Waals surface area contributed by atoms with Gasteiger partial charge in [-0.1, -0.05) is 59.8 Å². The van der Waals surface area contributed by atoms with Crippen LogP contribution in [-0.2, 0) is 5.54 Å². The summed E-state index contributed by atoms with van der Waals surface area (Å²) in [6.45, 7) is 0. The average Bonchev–Trinajstić information content (AvgIpc) is 2.54. The molecule has 98 valence electrons. The largest absolute Gasteiger partial charge is 0.321 e. The lowest BCUT2D eigenvalue weighted by molar-refractivity contribution is 0.00922. The van der Waals surface area contributed by atoms with E-state index in [-0.39, 0.29) is 5.54 Å². The number of hydrogen-bond donors (Lipinski definition) is 1. The Labute approximate surface area is 118 Å². The predicted octanol–water partition coefficient (Wildman–Crippen LogP) is 4.74. The van der Waals surface area contributed by atoms with Crippen molar-refractivity contribution in [1.82, 2.24) is 0 Å². The van der Waals surface area contributed by atoms with Gasteiger partial charge < -0.3 is 5.73 Å². The summed E-state index contributed by atoms with van der Waals surface area (Å²) >= 11 is 3.65. The Balaban J connectivity index is 1.78. The van der Waals surface area contributed by atoms with E-state index >= 15 is 0 Å². The second kappa shape index (κ2) is 4.64. The minimum absolute atomic E-state index is 0.0789. The molecule has 3 rings (SSSR count). The number of benzene rings is 1. The average molecular weight is 308 g/mol. The summed E-state index contributed by atoms with van der Waals surface area (Å²) < 4.78 is 1.18. The Morgan fingerprint density at radius 3 is 2.17 bits per heavy atom. The van der Waals surface area contributed by atoms with Gasteiger partial charge in [0.2, 0.25) is 0 Å². The lowest BCUT2D eigenvalue weighted by atomic mass is 9.53. The van der Waals surface area contributed by atoms with Crippen molar-refractivity contribution in [3.8, 4) is 0 Å². The highest BCUT2D eigenvalue weighted by Gasteiger charge is 2.52. The summed E-state index contributed by atoms with van der Waals surface area (Å²) in [6.07, 6.45) is 10.8. The summed E-state index contributed by atoms with van der Waals surface area (Å²) in [5.41, 5.74) is 8.45. The molecule has 1 aromatic carbocycles. The third-order valence-electron chi connectivity index (χ3n) is 4.96. The van der Waals surface area contributed by atoms with E-state index in [1.165, 1.54) is 61.4 Å². The standard InChI is InChI=1S/C16H22BrN/c17-14-8-4-3-7-13(14)16(18)11-15(12-16)9-5-1-2-6-10-15/h3-4,7-8H,1-2,5-6,9-12,18H2. The van der Waals surface area contributed by atoms with Gasteiger partial charge in [0.25, 0.3) is 0 Å². The third-order valence-corrected chi connectivity index (χ3v) is 5.65. The first-order valence-corrected chi connectivity index (χ1v) is 7.97. The van der Waals surface area contributed by atoms with Gasteiger partial charge in [-0.3, -0.25) is 0 Å². The van der Waals surface area contributed by atoms with Crippen molar-refractivity contribution in [2.24, 2.45) is 11.1 Å². The van der Waals surface area contributed by atoms with Crippen LogP contribution in [0.3, 0.4) is 0 Å². The smallest absolute Gasteiger partial charge is 0.0431 e. The SMILES string of the molecule is NC1(c2ccccc2Br)CC2(CCCCCC2)C1. The molecule has 2 aliphatic rings. The molecule has 2 N–H and O–H groups in total. The van der Waals surface area contributed by atoms with Crippen molar-refractivity contribution in [2.75, 3.05) is 0 Å². The van der Waals surface area contributed by atoms with Crippen LogP contribution in [0, 0.1) is 5.41 Å². The molecule has 2 heteroatoms. The maximum Gasteiger partial charge on any atom is 0.0431 e. The van der Waals surface area contributed by atoms with E-state index < -0.39 is 0 Å². The highest BCUT2D eigenvalue weighted by atomic mass is 79.9. The molecule has 2 aliphatic carbocycles. The molecule has 0 heterocycles. The molecule has 0 radical (unpaired) electrons. The molecule has 18 heavy (non-hydrogen) atoms. The van der Waals surface area contributed by atoms with Crippen molar-refractivity contribution >= 4 is 15.9 Å². The Morgan fingerprint density at radius 2 is 1.56 bits per heavy atom. The summed E-state index contributed by atoms with van der Waals surface area (Å²) in [6, 6.07) is 8.47. The molecule has 1 aromatic rings. The van der Waals surface area contributed by atoms with Crippen molar-refractivity contribution < 1.29 is 0 Å². The van der Waals surface area contributed by atoms with Crippen LogP contribution in [0.4, 0.5) is 0 Å². The van der Waals surface area contributed by atoms with E-state index in [2.05, 4.69) is 40.2 Å². The second-order valence-electron chi connectivity index (χ2n) is 6.40. The molecule has 2 fully saturated rings. The first kappa shape index (κ1) is 12.7. The maximum atomic E-state index is 6.65. The van der Waals surface area contributed by atoms with Gasteiger partial charge in [-0.05, 0) is 42.7 Å². The summed E-state index contributed by atoms with van der Waals surface area (Å²) in [5, 5.41) is 0. The van der Waals surface area contributed by atoms with Gasteiger partial charge in [0.05, 0.1) is 0 Å². The van der Waals surface area contributed by atoms with Crippen molar-refractivity contribution in [3.63, 3.8) is 0 Å². The fourth-order valence-corrected chi connectivity index (χ4v) is 4.85. The van der Waals surface area contributed by atoms with Crippen LogP contribution in [0.1, 0.15) is 56.9 Å². The van der Waals surface area contributed by atoms with Gasteiger partial charge in [-0.2, -0.15) is 0 Å². The number of rotatable bonds is 1. The fourth-order valence-electron chi connectivity index (χ4n) is 4.17. The Bertz CT molecular complexity index is 424. The monoisotopic (exact) mass is 307 g/mol. The van der Waals surface area contributed by atoms with E-state index in [0.717, 1.165) is 0 Å². The second-order valence-corrected chi connectivity index (χ2v) is 7.26. The van der Waals surface area contributed by atoms with E-state index in [1.807, 2.05) is 0 Å². The van der Waals surface area contributed by atoms with E-state index in [4.69, 9.17) is 5.73 Å². The van der Waals surface area contributed by atoms with Crippen LogP contribution in [0.25, 0.3) is 0 Å². The van der Waals surface area contributed by atoms with Crippen LogP contribution in [-0.4, -0.2) is 0 Å². The zero-order chi connectivity index (χ0) is 12.6. The van der Waals surface area contributed by atoms with Gasteiger partial charge in [0, 0.05) is 10.0 Å². The van der Waals surface area contributed by atoms with Gasteiger partial charge in [-0.25, -0.2) is 0 Å². The topological polar surface area (TPSA) is 26.0 Å². The van der Waals surface area contributed by atoms with Gasteiger partial charge in [0.1, 0.15) is 0 Å². The number of halogens is 1. The number of nitrogens with two attached hydrogens (primary N) is 1. The van der Waals surface area contributed by atoms with Gasteiger partial charge >= 0.3 is 0 Å². The molecule has 1 nitrogen and oxygen atoms in total. The molecule has 2 saturated carbocycles. The predicted molar refractivity (Wildman–Crippen MR) is 79.4 cm³/mol. The summed E-state index contributed by atoms with van der Waals surface area (Å²) in [4.78, 5) is 0. The summed E-state index contributed by atoms with van der Waals surface area (Å²) in [5.74, 6) is 0. The number of hydrogen-bond acceptors (Lipinski definition) is 1. The van der Waals surface area contributed by atoms with Crippen molar-refractivity contribution in [3.05, 3.63) is 34.3 Å². The molecule has 0 saturated heterocycles. The highest BCUT2D eigenvalue weighted by molar-refractivity contribution is 9.10. The van der Waals surface area contributed by atoms with Crippen LogP contribution in [0.15, 0.2) is 28.7 Å². The minimum Gasteiger partial charge on any atom is -0.321 e. The van der Waals surface area contributed by atoms with Gasteiger partial charge in [0.15, 0.2) is 0 Å². The lowest BCUT2D eigenvalue weighted by Crippen LogP contribution is -2.55. The maximum absolute atomic E-state index is 6.65. The molecular weight excluding hydrogens is 286 g/mol.